The van der Waals surface area contributed by atoms with E-state index in [9.17, 15) is 0 Å². The fourth-order valence-corrected chi connectivity index (χ4v) is 9.15. The molecule has 1 saturated heterocycles. The highest BCUT2D eigenvalue weighted by Crippen LogP contribution is 2.67. The average Bonchev–Trinajstić information content (AvgIpc) is 3.45. The summed E-state index contributed by atoms with van der Waals surface area (Å²) in [4.78, 5) is 5.11. The Hall–Kier alpha value is -1.35. The average molecular weight is 494 g/mol. The van der Waals surface area contributed by atoms with Gasteiger partial charge in [0, 0.05) is 29.9 Å². The summed E-state index contributed by atoms with van der Waals surface area (Å²) >= 11 is 0. The molecule has 0 aromatic carbocycles. The standard InChI is InChI=1S/C31H49N3.C2H6/c1-20-11-14-30(5)24(17-20)7-8-25-27-10-9-26(31(27,6)15-12-28(25)30)23(4)34-18-22(3)33-19-29-21(2)13-16-32-29;1-2/h17,21,25-29,32-33H,1,3,7-16,18-19H2,2,4-6H3;1-2H3. The van der Waals surface area contributed by atoms with Crippen LogP contribution in [0.5, 0.6) is 0 Å². The summed E-state index contributed by atoms with van der Waals surface area (Å²) < 4.78 is 0. The second-order valence-corrected chi connectivity index (χ2v) is 13.1. The van der Waals surface area contributed by atoms with Crippen LogP contribution in [-0.4, -0.2) is 31.4 Å². The highest BCUT2D eigenvalue weighted by atomic mass is 15.0. The van der Waals surface area contributed by atoms with Crippen molar-refractivity contribution in [3.8, 4) is 0 Å². The Bertz CT molecular complexity index is 883. The SMILES string of the molecule is C=C1C=C2CCC3C(CCC4(C)C(C(C)=NCC(=C)NCC5NCCC5C)CCC34)C2(C)CC1.CC. The predicted octanol–water partition coefficient (Wildman–Crippen LogP) is 7.71. The molecule has 3 nitrogen and oxygen atoms in total. The highest BCUT2D eigenvalue weighted by molar-refractivity contribution is 5.85. The van der Waals surface area contributed by atoms with Crippen LogP contribution in [0.15, 0.2) is 41.1 Å². The van der Waals surface area contributed by atoms with E-state index in [0.717, 1.165) is 49.0 Å². The fraction of sp³-hybridized carbons (Fsp3) is 0.788. The lowest BCUT2D eigenvalue weighted by atomic mass is 9.46. The van der Waals surface area contributed by atoms with Crippen molar-refractivity contribution in [2.24, 2.45) is 45.4 Å². The number of hydrogen-bond acceptors (Lipinski definition) is 3. The summed E-state index contributed by atoms with van der Waals surface area (Å²) in [5.74, 6) is 4.06. The van der Waals surface area contributed by atoms with Crippen LogP contribution >= 0.6 is 0 Å². The minimum Gasteiger partial charge on any atom is -0.386 e. The van der Waals surface area contributed by atoms with E-state index >= 15 is 0 Å². The van der Waals surface area contributed by atoms with Crippen LogP contribution in [-0.2, 0) is 0 Å². The molecule has 0 aromatic heterocycles. The lowest BCUT2D eigenvalue weighted by Gasteiger charge is -2.58. The van der Waals surface area contributed by atoms with Crippen molar-refractivity contribution in [2.45, 2.75) is 105 Å². The number of nitrogens with zero attached hydrogens (tertiary/aromatic N) is 1. The van der Waals surface area contributed by atoms with Crippen molar-refractivity contribution in [3.05, 3.63) is 36.1 Å². The van der Waals surface area contributed by atoms with Gasteiger partial charge in [0.1, 0.15) is 0 Å². The third-order valence-corrected chi connectivity index (χ3v) is 11.4. The molecular formula is C33H55N3. The summed E-state index contributed by atoms with van der Waals surface area (Å²) in [6, 6.07) is 0.571. The van der Waals surface area contributed by atoms with Gasteiger partial charge in [-0.1, -0.05) is 65.0 Å². The Morgan fingerprint density at radius 2 is 1.86 bits per heavy atom. The van der Waals surface area contributed by atoms with Gasteiger partial charge < -0.3 is 10.6 Å². The number of rotatable bonds is 6. The van der Waals surface area contributed by atoms with Crippen LogP contribution in [0, 0.1) is 40.4 Å². The van der Waals surface area contributed by atoms with Gasteiger partial charge in [-0.05, 0) is 106 Å². The Labute approximate surface area is 222 Å². The Balaban J connectivity index is 0.00000148. The van der Waals surface area contributed by atoms with Gasteiger partial charge in [0.05, 0.1) is 6.54 Å². The van der Waals surface area contributed by atoms with E-state index < -0.39 is 0 Å². The summed E-state index contributed by atoms with van der Waals surface area (Å²) in [7, 11) is 0. The molecule has 0 radical (unpaired) electrons. The zero-order valence-corrected chi connectivity index (χ0v) is 24.4. The van der Waals surface area contributed by atoms with Crippen LogP contribution < -0.4 is 10.6 Å². The number of fused-ring (bicyclic) bond motifs is 5. The molecular weight excluding hydrogens is 438 g/mol. The molecule has 202 valence electrons. The summed E-state index contributed by atoms with van der Waals surface area (Å²) in [6.07, 6.45) is 14.5. The van der Waals surface area contributed by atoms with Crippen molar-refractivity contribution in [3.63, 3.8) is 0 Å². The first kappa shape index (κ1) is 27.7. The molecule has 0 amide bonds. The van der Waals surface area contributed by atoms with E-state index in [1.807, 2.05) is 13.8 Å². The molecule has 1 aliphatic heterocycles. The zero-order chi connectivity index (χ0) is 26.1. The lowest BCUT2D eigenvalue weighted by Crippen LogP contribution is -2.50. The first-order chi connectivity index (χ1) is 17.2. The molecule has 3 saturated carbocycles. The molecule has 0 bridgehead atoms. The number of nitrogens with one attached hydrogen (secondary N) is 2. The molecule has 8 atom stereocenters. The largest absolute Gasteiger partial charge is 0.386 e. The molecule has 0 spiro atoms. The second-order valence-electron chi connectivity index (χ2n) is 13.1. The maximum absolute atomic E-state index is 5.11. The van der Waals surface area contributed by atoms with E-state index in [-0.39, 0.29) is 0 Å². The molecule has 4 aliphatic carbocycles. The van der Waals surface area contributed by atoms with Crippen molar-refractivity contribution in [2.75, 3.05) is 19.6 Å². The molecule has 8 unspecified atom stereocenters. The van der Waals surface area contributed by atoms with Crippen molar-refractivity contribution < 1.29 is 0 Å². The van der Waals surface area contributed by atoms with Crippen molar-refractivity contribution >= 4 is 5.71 Å². The van der Waals surface area contributed by atoms with Gasteiger partial charge in [0.2, 0.25) is 0 Å². The van der Waals surface area contributed by atoms with Crippen LogP contribution in [0.25, 0.3) is 0 Å². The third-order valence-electron chi connectivity index (χ3n) is 11.4. The van der Waals surface area contributed by atoms with Crippen LogP contribution in [0.2, 0.25) is 0 Å². The van der Waals surface area contributed by atoms with Gasteiger partial charge in [0.25, 0.3) is 0 Å². The summed E-state index contributed by atoms with van der Waals surface area (Å²) in [5, 5.41) is 7.17. The van der Waals surface area contributed by atoms with Crippen LogP contribution in [0.4, 0.5) is 0 Å². The molecule has 1 heterocycles. The van der Waals surface area contributed by atoms with Crippen LogP contribution in [0.3, 0.4) is 0 Å². The smallest absolute Gasteiger partial charge is 0.0779 e. The van der Waals surface area contributed by atoms with Gasteiger partial charge in [-0.15, -0.1) is 0 Å². The Kier molecular flexibility index (Phi) is 8.59. The molecule has 0 aromatic rings. The second kappa shape index (κ2) is 11.2. The molecule has 5 aliphatic rings. The fourth-order valence-electron chi connectivity index (χ4n) is 9.15. The molecule has 36 heavy (non-hydrogen) atoms. The maximum atomic E-state index is 5.11. The van der Waals surface area contributed by atoms with Gasteiger partial charge >= 0.3 is 0 Å². The van der Waals surface area contributed by atoms with Gasteiger partial charge in [0.15, 0.2) is 0 Å². The summed E-state index contributed by atoms with van der Waals surface area (Å²) in [5.41, 5.74) is 6.42. The lowest BCUT2D eigenvalue weighted by molar-refractivity contribution is -0.0417. The third kappa shape index (κ3) is 5.03. The number of aliphatic imine (C=N–C) groups is 1. The molecule has 5 rings (SSSR count). The maximum Gasteiger partial charge on any atom is 0.0779 e. The first-order valence-electron chi connectivity index (χ1n) is 15.3. The predicted molar refractivity (Wildman–Crippen MR) is 156 cm³/mol. The monoisotopic (exact) mass is 493 g/mol. The highest BCUT2D eigenvalue weighted by Gasteiger charge is 2.59. The van der Waals surface area contributed by atoms with Gasteiger partial charge in [-0.3, -0.25) is 4.99 Å². The first-order valence-corrected chi connectivity index (χ1v) is 15.3. The summed E-state index contributed by atoms with van der Waals surface area (Å²) in [6.45, 7) is 25.3. The quantitative estimate of drug-likeness (QED) is 0.372. The van der Waals surface area contributed by atoms with E-state index in [2.05, 4.69) is 57.6 Å². The normalized spacial score (nSPS) is 41.9. The van der Waals surface area contributed by atoms with Crippen molar-refractivity contribution in [1.29, 1.82) is 0 Å². The van der Waals surface area contributed by atoms with E-state index in [0.29, 0.717) is 22.8 Å². The zero-order valence-electron chi connectivity index (χ0n) is 24.4. The van der Waals surface area contributed by atoms with E-state index in [4.69, 9.17) is 4.99 Å². The minimum atomic E-state index is 0.432. The van der Waals surface area contributed by atoms with Crippen molar-refractivity contribution in [1.82, 2.24) is 10.6 Å². The van der Waals surface area contributed by atoms with E-state index in [1.54, 1.807) is 5.57 Å². The topological polar surface area (TPSA) is 36.4 Å². The van der Waals surface area contributed by atoms with Crippen LogP contribution in [0.1, 0.15) is 99.3 Å². The molecule has 3 heteroatoms. The Morgan fingerprint density at radius 3 is 2.58 bits per heavy atom. The van der Waals surface area contributed by atoms with Gasteiger partial charge in [-0.2, -0.15) is 0 Å². The Morgan fingerprint density at radius 1 is 1.08 bits per heavy atom. The number of hydrogen-bond donors (Lipinski definition) is 2. The molecule has 2 N–H and O–H groups in total. The van der Waals surface area contributed by atoms with E-state index in [1.165, 1.54) is 69.1 Å². The van der Waals surface area contributed by atoms with Gasteiger partial charge in [-0.25, -0.2) is 0 Å². The number of allylic oxidation sites excluding steroid dienone is 3. The minimum absolute atomic E-state index is 0.432. The molecule has 4 fully saturated rings.